The van der Waals surface area contributed by atoms with Gasteiger partial charge in [0.15, 0.2) is 0 Å². The number of rotatable bonds is 2. The molecule has 0 saturated heterocycles. The molecular formula is C16H23NO2. The fraction of sp³-hybridized carbons (Fsp3) is 0.625. The van der Waals surface area contributed by atoms with E-state index in [9.17, 15) is 5.11 Å². The van der Waals surface area contributed by atoms with Crippen LogP contribution in [0.3, 0.4) is 0 Å². The second kappa shape index (κ2) is 5.04. The van der Waals surface area contributed by atoms with Crippen molar-refractivity contribution < 1.29 is 9.84 Å². The first kappa shape index (κ1) is 12.8. The molecule has 1 saturated carbocycles. The summed E-state index contributed by atoms with van der Waals surface area (Å²) in [4.78, 5) is 2.49. The highest BCUT2D eigenvalue weighted by Crippen LogP contribution is 2.40. The normalized spacial score (nSPS) is 30.2. The van der Waals surface area contributed by atoms with E-state index < -0.39 is 0 Å². The molecule has 3 rings (SSSR count). The van der Waals surface area contributed by atoms with Crippen LogP contribution < -0.4 is 4.74 Å². The number of likely N-dealkylation sites (N-methyl/N-ethyl adjacent to an activating group) is 1. The van der Waals surface area contributed by atoms with Crippen LogP contribution in [-0.4, -0.2) is 29.7 Å². The third-order valence-electron chi connectivity index (χ3n) is 4.83. The quantitative estimate of drug-likeness (QED) is 0.886. The van der Waals surface area contributed by atoms with Crippen molar-refractivity contribution in [1.82, 2.24) is 4.90 Å². The number of benzene rings is 1. The maximum Gasteiger partial charge on any atom is 0.127 e. The van der Waals surface area contributed by atoms with Gasteiger partial charge in [-0.25, -0.2) is 0 Å². The van der Waals surface area contributed by atoms with Crippen LogP contribution in [-0.2, 0) is 0 Å². The summed E-state index contributed by atoms with van der Waals surface area (Å²) in [6.45, 7) is 3.08. The molecule has 1 aliphatic carbocycles. The lowest BCUT2D eigenvalue weighted by Crippen LogP contribution is -2.41. The Labute approximate surface area is 115 Å². The van der Waals surface area contributed by atoms with Gasteiger partial charge in [0.05, 0.1) is 6.04 Å². The van der Waals surface area contributed by atoms with Crippen LogP contribution in [0, 0.1) is 5.92 Å². The topological polar surface area (TPSA) is 32.7 Å². The SMILES string of the molecule is CC1CCCCC1N(C)C1COc2cc(O)ccc21. The zero-order chi connectivity index (χ0) is 13.4. The Balaban J connectivity index is 1.80. The Hall–Kier alpha value is -1.22. The van der Waals surface area contributed by atoms with Gasteiger partial charge in [-0.15, -0.1) is 0 Å². The van der Waals surface area contributed by atoms with Crippen molar-refractivity contribution in [1.29, 1.82) is 0 Å². The molecule has 1 N–H and O–H groups in total. The minimum atomic E-state index is 0.285. The van der Waals surface area contributed by atoms with E-state index in [4.69, 9.17) is 4.74 Å². The van der Waals surface area contributed by atoms with Crippen molar-refractivity contribution in [3.05, 3.63) is 23.8 Å². The van der Waals surface area contributed by atoms with Crippen LogP contribution in [0.25, 0.3) is 0 Å². The molecule has 0 aromatic heterocycles. The molecule has 1 fully saturated rings. The molecule has 2 aliphatic rings. The lowest BCUT2D eigenvalue weighted by atomic mass is 9.84. The maximum absolute atomic E-state index is 9.52. The Morgan fingerprint density at radius 2 is 2.05 bits per heavy atom. The lowest BCUT2D eigenvalue weighted by molar-refractivity contribution is 0.0838. The molecule has 1 aromatic carbocycles. The van der Waals surface area contributed by atoms with Gasteiger partial charge in [0.2, 0.25) is 0 Å². The summed E-state index contributed by atoms with van der Waals surface area (Å²) in [5.41, 5.74) is 1.22. The van der Waals surface area contributed by atoms with Crippen molar-refractivity contribution in [3.8, 4) is 11.5 Å². The molecule has 1 aromatic rings. The van der Waals surface area contributed by atoms with Crippen LogP contribution in [0.15, 0.2) is 18.2 Å². The van der Waals surface area contributed by atoms with E-state index in [-0.39, 0.29) is 5.75 Å². The number of hydrogen-bond donors (Lipinski definition) is 1. The Kier molecular flexibility index (Phi) is 3.40. The predicted molar refractivity (Wildman–Crippen MR) is 75.5 cm³/mol. The highest BCUT2D eigenvalue weighted by molar-refractivity contribution is 5.44. The summed E-state index contributed by atoms with van der Waals surface area (Å²) < 4.78 is 5.74. The summed E-state index contributed by atoms with van der Waals surface area (Å²) in [6.07, 6.45) is 5.35. The number of fused-ring (bicyclic) bond motifs is 1. The number of nitrogens with zero attached hydrogens (tertiary/aromatic N) is 1. The Bertz CT molecular complexity index is 460. The molecule has 0 bridgehead atoms. The molecule has 19 heavy (non-hydrogen) atoms. The number of aromatic hydroxyl groups is 1. The maximum atomic E-state index is 9.52. The predicted octanol–water partition coefficient (Wildman–Crippen LogP) is 3.34. The van der Waals surface area contributed by atoms with E-state index in [0.29, 0.717) is 18.7 Å². The summed E-state index contributed by atoms with van der Waals surface area (Å²) in [5.74, 6) is 1.90. The van der Waals surface area contributed by atoms with E-state index in [1.54, 1.807) is 12.1 Å². The first-order chi connectivity index (χ1) is 9.16. The zero-order valence-electron chi connectivity index (χ0n) is 11.8. The van der Waals surface area contributed by atoms with E-state index >= 15 is 0 Å². The van der Waals surface area contributed by atoms with Crippen LogP contribution in [0.5, 0.6) is 11.5 Å². The average molecular weight is 261 g/mol. The van der Waals surface area contributed by atoms with Crippen LogP contribution in [0.4, 0.5) is 0 Å². The van der Waals surface area contributed by atoms with E-state index in [1.807, 2.05) is 6.07 Å². The standard InChI is InChI=1S/C16H23NO2/c1-11-5-3-4-6-14(11)17(2)15-10-19-16-9-12(18)7-8-13(15)16/h7-9,11,14-15,18H,3-6,10H2,1-2H3. The smallest absolute Gasteiger partial charge is 0.127 e. The van der Waals surface area contributed by atoms with Gasteiger partial charge in [-0.05, 0) is 37.9 Å². The molecule has 1 aliphatic heterocycles. The molecule has 3 nitrogen and oxygen atoms in total. The highest BCUT2D eigenvalue weighted by atomic mass is 16.5. The third kappa shape index (κ3) is 2.32. The molecule has 3 unspecified atom stereocenters. The summed E-state index contributed by atoms with van der Waals surface area (Å²) in [5, 5.41) is 9.52. The molecule has 3 heteroatoms. The molecule has 0 radical (unpaired) electrons. The first-order valence-electron chi connectivity index (χ1n) is 7.34. The summed E-state index contributed by atoms with van der Waals surface area (Å²) >= 11 is 0. The number of phenolic OH excluding ortho intramolecular Hbond substituents is 1. The Morgan fingerprint density at radius 1 is 1.26 bits per heavy atom. The van der Waals surface area contributed by atoms with Crippen molar-refractivity contribution in [3.63, 3.8) is 0 Å². The van der Waals surface area contributed by atoms with E-state index in [2.05, 4.69) is 18.9 Å². The monoisotopic (exact) mass is 261 g/mol. The largest absolute Gasteiger partial charge is 0.508 e. The molecule has 1 heterocycles. The van der Waals surface area contributed by atoms with Gasteiger partial charge in [0.25, 0.3) is 0 Å². The molecule has 104 valence electrons. The zero-order valence-corrected chi connectivity index (χ0v) is 11.8. The summed E-state index contributed by atoms with van der Waals surface area (Å²) in [6, 6.07) is 6.49. The fourth-order valence-corrected chi connectivity index (χ4v) is 3.65. The number of phenols is 1. The number of hydrogen-bond acceptors (Lipinski definition) is 3. The Morgan fingerprint density at radius 3 is 2.84 bits per heavy atom. The van der Waals surface area contributed by atoms with Crippen LogP contribution in [0.1, 0.15) is 44.2 Å². The minimum Gasteiger partial charge on any atom is -0.508 e. The number of ether oxygens (including phenoxy) is 1. The molecule has 3 atom stereocenters. The second-order valence-corrected chi connectivity index (χ2v) is 6.04. The van der Waals surface area contributed by atoms with Crippen molar-refractivity contribution in [2.45, 2.75) is 44.7 Å². The van der Waals surface area contributed by atoms with Gasteiger partial charge in [0, 0.05) is 17.7 Å². The minimum absolute atomic E-state index is 0.285. The van der Waals surface area contributed by atoms with Gasteiger partial charge >= 0.3 is 0 Å². The van der Waals surface area contributed by atoms with Gasteiger partial charge in [-0.3, -0.25) is 4.90 Å². The average Bonchev–Trinajstić information content (AvgIpc) is 2.81. The van der Waals surface area contributed by atoms with Crippen LogP contribution >= 0.6 is 0 Å². The van der Waals surface area contributed by atoms with Crippen molar-refractivity contribution in [2.75, 3.05) is 13.7 Å². The molecular weight excluding hydrogens is 238 g/mol. The molecule has 0 amide bonds. The van der Waals surface area contributed by atoms with E-state index in [1.165, 1.54) is 31.2 Å². The highest BCUT2D eigenvalue weighted by Gasteiger charge is 2.34. The van der Waals surface area contributed by atoms with Crippen molar-refractivity contribution >= 4 is 0 Å². The fourth-order valence-electron chi connectivity index (χ4n) is 3.65. The van der Waals surface area contributed by atoms with E-state index in [0.717, 1.165) is 11.7 Å². The van der Waals surface area contributed by atoms with Gasteiger partial charge in [-0.2, -0.15) is 0 Å². The van der Waals surface area contributed by atoms with Gasteiger partial charge in [-0.1, -0.05) is 19.8 Å². The van der Waals surface area contributed by atoms with Crippen molar-refractivity contribution in [2.24, 2.45) is 5.92 Å². The summed E-state index contributed by atoms with van der Waals surface area (Å²) in [7, 11) is 2.22. The molecule has 0 spiro atoms. The second-order valence-electron chi connectivity index (χ2n) is 6.04. The third-order valence-corrected chi connectivity index (χ3v) is 4.83. The van der Waals surface area contributed by atoms with Crippen LogP contribution in [0.2, 0.25) is 0 Å². The van der Waals surface area contributed by atoms with Gasteiger partial charge in [0.1, 0.15) is 18.1 Å². The first-order valence-corrected chi connectivity index (χ1v) is 7.34. The lowest BCUT2D eigenvalue weighted by Gasteiger charge is -2.39. The van der Waals surface area contributed by atoms with Gasteiger partial charge < -0.3 is 9.84 Å².